The first-order valence-corrected chi connectivity index (χ1v) is 11.1. The topological polar surface area (TPSA) is 72.7 Å². The van der Waals surface area contributed by atoms with Gasteiger partial charge in [0.15, 0.2) is 5.96 Å². The van der Waals surface area contributed by atoms with Gasteiger partial charge in [0, 0.05) is 50.7 Å². The lowest BCUT2D eigenvalue weighted by atomic mass is 9.74. The minimum atomic E-state index is 0.000403. The van der Waals surface area contributed by atoms with Crippen molar-refractivity contribution in [1.29, 1.82) is 0 Å². The standard InChI is InChI=1S/C23H35N5O2/c1-3-24-22(25-13-5-15-28-16-6-14-27-28)26-19-23(11-17-29-18-12-23)20-7-9-21(10-8-20)30-4-2/h6-10,14,16H,3-5,11-13,15,17-19H2,1-2H3,(H2,24,25,26). The highest BCUT2D eigenvalue weighted by Crippen LogP contribution is 2.36. The predicted octanol–water partition coefficient (Wildman–Crippen LogP) is 2.98. The van der Waals surface area contributed by atoms with Crippen molar-refractivity contribution in [3.05, 3.63) is 48.3 Å². The fourth-order valence-corrected chi connectivity index (χ4v) is 3.82. The maximum Gasteiger partial charge on any atom is 0.191 e. The van der Waals surface area contributed by atoms with Crippen molar-refractivity contribution in [2.24, 2.45) is 4.99 Å². The van der Waals surface area contributed by atoms with Crippen LogP contribution in [0.2, 0.25) is 0 Å². The molecule has 0 radical (unpaired) electrons. The average molecular weight is 414 g/mol. The summed E-state index contributed by atoms with van der Waals surface area (Å²) in [5, 5.41) is 11.1. The molecule has 7 heteroatoms. The minimum Gasteiger partial charge on any atom is -0.494 e. The predicted molar refractivity (Wildman–Crippen MR) is 120 cm³/mol. The Kier molecular flexibility index (Phi) is 8.56. The fourth-order valence-electron chi connectivity index (χ4n) is 3.82. The normalized spacial score (nSPS) is 16.3. The Morgan fingerprint density at radius 3 is 2.67 bits per heavy atom. The number of aryl methyl sites for hydroxylation is 1. The molecule has 1 aromatic heterocycles. The molecule has 0 spiro atoms. The second-order valence-electron chi connectivity index (χ2n) is 7.59. The molecule has 1 aliphatic rings. The molecule has 0 bridgehead atoms. The van der Waals surface area contributed by atoms with E-state index < -0.39 is 0 Å². The molecule has 3 rings (SSSR count). The number of guanidine groups is 1. The van der Waals surface area contributed by atoms with Crippen LogP contribution in [0.5, 0.6) is 5.75 Å². The summed E-state index contributed by atoms with van der Waals surface area (Å²) in [4.78, 5) is 4.96. The first-order chi connectivity index (χ1) is 14.8. The van der Waals surface area contributed by atoms with Crippen LogP contribution in [-0.2, 0) is 16.7 Å². The molecule has 1 aromatic carbocycles. The molecule has 0 saturated carbocycles. The molecule has 1 fully saturated rings. The zero-order valence-electron chi connectivity index (χ0n) is 18.3. The average Bonchev–Trinajstić information content (AvgIpc) is 3.30. The van der Waals surface area contributed by atoms with Gasteiger partial charge in [0.25, 0.3) is 0 Å². The highest BCUT2D eigenvalue weighted by atomic mass is 16.5. The van der Waals surface area contributed by atoms with Gasteiger partial charge in [-0.05, 0) is 56.9 Å². The molecular formula is C23H35N5O2. The zero-order chi connectivity index (χ0) is 21.1. The van der Waals surface area contributed by atoms with Crippen molar-refractivity contribution in [1.82, 2.24) is 20.4 Å². The van der Waals surface area contributed by atoms with Crippen LogP contribution in [0.25, 0.3) is 0 Å². The van der Waals surface area contributed by atoms with Gasteiger partial charge in [-0.2, -0.15) is 5.10 Å². The van der Waals surface area contributed by atoms with Crippen LogP contribution in [-0.4, -0.2) is 55.2 Å². The Bertz CT molecular complexity index is 752. The Morgan fingerprint density at radius 2 is 2.00 bits per heavy atom. The van der Waals surface area contributed by atoms with E-state index in [1.807, 2.05) is 30.1 Å². The molecular weight excluding hydrogens is 378 g/mol. The summed E-state index contributed by atoms with van der Waals surface area (Å²) >= 11 is 0. The number of hydrogen-bond acceptors (Lipinski definition) is 4. The number of nitrogens with zero attached hydrogens (tertiary/aromatic N) is 3. The summed E-state index contributed by atoms with van der Waals surface area (Å²) < 4.78 is 13.2. The quantitative estimate of drug-likeness (QED) is 0.356. The summed E-state index contributed by atoms with van der Waals surface area (Å²) in [5.74, 6) is 1.79. The zero-order valence-corrected chi connectivity index (χ0v) is 18.3. The van der Waals surface area contributed by atoms with Crippen molar-refractivity contribution in [2.45, 2.75) is 45.1 Å². The molecule has 0 amide bonds. The van der Waals surface area contributed by atoms with E-state index in [-0.39, 0.29) is 5.41 Å². The number of nitrogens with one attached hydrogen (secondary N) is 2. The van der Waals surface area contributed by atoms with Crippen LogP contribution >= 0.6 is 0 Å². The molecule has 2 aromatic rings. The maximum absolute atomic E-state index is 5.67. The number of ether oxygens (including phenoxy) is 2. The van der Waals surface area contributed by atoms with E-state index in [2.05, 4.69) is 46.9 Å². The Balaban J connectivity index is 1.64. The third kappa shape index (κ3) is 6.23. The van der Waals surface area contributed by atoms with Crippen LogP contribution in [0.3, 0.4) is 0 Å². The van der Waals surface area contributed by atoms with Crippen LogP contribution in [0.1, 0.15) is 38.7 Å². The van der Waals surface area contributed by atoms with Crippen LogP contribution < -0.4 is 15.4 Å². The molecule has 2 N–H and O–H groups in total. The van der Waals surface area contributed by atoms with E-state index in [0.29, 0.717) is 6.61 Å². The molecule has 2 heterocycles. The van der Waals surface area contributed by atoms with E-state index in [1.165, 1.54) is 5.56 Å². The Labute approximate surface area is 179 Å². The third-order valence-corrected chi connectivity index (χ3v) is 5.53. The van der Waals surface area contributed by atoms with Gasteiger partial charge in [-0.1, -0.05) is 12.1 Å². The van der Waals surface area contributed by atoms with Gasteiger partial charge in [0.1, 0.15) is 5.75 Å². The highest BCUT2D eigenvalue weighted by molar-refractivity contribution is 5.79. The molecule has 164 valence electrons. The van der Waals surface area contributed by atoms with E-state index in [9.17, 15) is 0 Å². The molecule has 0 aliphatic carbocycles. The SMILES string of the molecule is CCNC(=NCC1(c2ccc(OCC)cc2)CCOCC1)NCCCn1cccn1. The largest absolute Gasteiger partial charge is 0.494 e. The summed E-state index contributed by atoms with van der Waals surface area (Å²) in [5.41, 5.74) is 1.31. The first-order valence-electron chi connectivity index (χ1n) is 11.1. The fraction of sp³-hybridized carbons (Fsp3) is 0.565. The lowest BCUT2D eigenvalue weighted by molar-refractivity contribution is 0.0531. The molecule has 30 heavy (non-hydrogen) atoms. The number of rotatable bonds is 10. The van der Waals surface area contributed by atoms with Crippen LogP contribution in [0.15, 0.2) is 47.7 Å². The summed E-state index contributed by atoms with van der Waals surface area (Å²) in [7, 11) is 0. The first kappa shape index (κ1) is 22.2. The highest BCUT2D eigenvalue weighted by Gasteiger charge is 2.34. The second kappa shape index (κ2) is 11.6. The minimum absolute atomic E-state index is 0.000403. The van der Waals surface area contributed by atoms with Gasteiger partial charge in [-0.25, -0.2) is 0 Å². The van der Waals surface area contributed by atoms with Gasteiger partial charge in [0.05, 0.1) is 13.2 Å². The van der Waals surface area contributed by atoms with E-state index in [1.54, 1.807) is 0 Å². The van der Waals surface area contributed by atoms with E-state index in [0.717, 1.165) is 70.4 Å². The van der Waals surface area contributed by atoms with Gasteiger partial charge in [-0.3, -0.25) is 9.67 Å². The van der Waals surface area contributed by atoms with Gasteiger partial charge in [-0.15, -0.1) is 0 Å². The molecule has 1 saturated heterocycles. The van der Waals surface area contributed by atoms with Crippen molar-refractivity contribution in [2.75, 3.05) is 39.5 Å². The lowest BCUT2D eigenvalue weighted by Crippen LogP contribution is -2.41. The Morgan fingerprint density at radius 1 is 1.20 bits per heavy atom. The van der Waals surface area contributed by atoms with Crippen LogP contribution in [0, 0.1) is 0 Å². The molecule has 1 aliphatic heterocycles. The van der Waals surface area contributed by atoms with Crippen LogP contribution in [0.4, 0.5) is 0 Å². The van der Waals surface area contributed by atoms with Gasteiger partial charge in [0.2, 0.25) is 0 Å². The maximum atomic E-state index is 5.67. The molecule has 7 nitrogen and oxygen atoms in total. The summed E-state index contributed by atoms with van der Waals surface area (Å²) in [6.45, 7) is 9.65. The third-order valence-electron chi connectivity index (χ3n) is 5.53. The second-order valence-corrected chi connectivity index (χ2v) is 7.59. The van der Waals surface area contributed by atoms with Gasteiger partial charge < -0.3 is 20.1 Å². The van der Waals surface area contributed by atoms with Crippen molar-refractivity contribution < 1.29 is 9.47 Å². The lowest BCUT2D eigenvalue weighted by Gasteiger charge is -2.36. The molecule has 0 atom stereocenters. The summed E-state index contributed by atoms with van der Waals surface area (Å²) in [6, 6.07) is 10.5. The van der Waals surface area contributed by atoms with Crippen molar-refractivity contribution in [3.8, 4) is 5.75 Å². The monoisotopic (exact) mass is 413 g/mol. The number of aromatic nitrogens is 2. The number of aliphatic imine (C=N–C) groups is 1. The number of benzene rings is 1. The van der Waals surface area contributed by atoms with Gasteiger partial charge >= 0.3 is 0 Å². The molecule has 0 unspecified atom stereocenters. The van der Waals surface area contributed by atoms with E-state index >= 15 is 0 Å². The van der Waals surface area contributed by atoms with E-state index in [4.69, 9.17) is 14.5 Å². The summed E-state index contributed by atoms with van der Waals surface area (Å²) in [6.07, 6.45) is 6.74. The smallest absolute Gasteiger partial charge is 0.191 e. The van der Waals surface area contributed by atoms with Crippen molar-refractivity contribution >= 4 is 5.96 Å². The number of hydrogen-bond donors (Lipinski definition) is 2. The Hall–Kier alpha value is -2.54. The van der Waals surface area contributed by atoms with Crippen molar-refractivity contribution in [3.63, 3.8) is 0 Å².